The first-order chi connectivity index (χ1) is 23.8. The van der Waals surface area contributed by atoms with E-state index < -0.39 is 5.41 Å². The molecule has 8 heteroatoms. The molecule has 0 radical (unpaired) electrons. The van der Waals surface area contributed by atoms with Crippen LogP contribution in [0.2, 0.25) is 0 Å². The molecule has 0 saturated heterocycles. The Morgan fingerprint density at radius 3 is 1.76 bits per heavy atom. The van der Waals surface area contributed by atoms with Crippen molar-refractivity contribution in [3.05, 3.63) is 49.9 Å². The van der Waals surface area contributed by atoms with Crippen molar-refractivity contribution < 1.29 is 9.55 Å². The van der Waals surface area contributed by atoms with Gasteiger partial charge in [-0.15, -0.1) is 22.7 Å². The van der Waals surface area contributed by atoms with Crippen LogP contribution in [0.15, 0.2) is 22.8 Å². The van der Waals surface area contributed by atoms with E-state index in [4.69, 9.17) is 4.63 Å². The Hall–Kier alpha value is -2.58. The molecule has 0 fully saturated rings. The number of thiophene rings is 2. The lowest BCUT2D eigenvalue weighted by atomic mass is 9.69. The van der Waals surface area contributed by atoms with Gasteiger partial charge in [-0.1, -0.05) is 122 Å². The van der Waals surface area contributed by atoms with Crippen LogP contribution < -0.4 is 0 Å². The molecule has 0 saturated carbocycles. The van der Waals surface area contributed by atoms with E-state index in [1.165, 1.54) is 77.1 Å². The van der Waals surface area contributed by atoms with E-state index >= 15 is 0 Å². The molecule has 1 aromatic carbocycles. The number of hydrogen-bond donors (Lipinski definition) is 0. The minimum absolute atomic E-state index is 0.0528. The van der Waals surface area contributed by atoms with Gasteiger partial charge in [0.1, 0.15) is 11.0 Å². The summed E-state index contributed by atoms with van der Waals surface area (Å²) in [6.07, 6.45) is 12.3. The molecule has 4 aromatic rings. The molecule has 2 atom stereocenters. The lowest BCUT2D eigenvalue weighted by Gasteiger charge is -2.34. The van der Waals surface area contributed by atoms with E-state index in [0.717, 1.165) is 35.1 Å². The summed E-state index contributed by atoms with van der Waals surface area (Å²) in [7, 11) is 0. The zero-order chi connectivity index (χ0) is 37.5. The van der Waals surface area contributed by atoms with Crippen LogP contribution in [-0.2, 0) is 16.2 Å². The van der Waals surface area contributed by atoms with E-state index in [2.05, 4.69) is 84.8 Å². The van der Waals surface area contributed by atoms with Crippen molar-refractivity contribution >= 4 is 39.4 Å². The van der Waals surface area contributed by atoms with Crippen molar-refractivity contribution in [2.24, 2.45) is 23.7 Å². The summed E-state index contributed by atoms with van der Waals surface area (Å²) in [5.74, 6) is 2.80. The zero-order valence-corrected chi connectivity index (χ0v) is 35.1. The Morgan fingerprint density at radius 1 is 0.725 bits per heavy atom. The number of nitro benzene ring substituents is 1. The van der Waals surface area contributed by atoms with Crippen LogP contribution in [0.1, 0.15) is 169 Å². The third-order valence-corrected chi connectivity index (χ3v) is 14.1. The second kappa shape index (κ2) is 15.4. The lowest BCUT2D eigenvalue weighted by molar-refractivity contribution is -0.385. The highest BCUT2D eigenvalue weighted by Crippen LogP contribution is 2.62. The molecule has 5 rings (SSSR count). The third-order valence-electron chi connectivity index (χ3n) is 11.3. The van der Waals surface area contributed by atoms with Crippen LogP contribution in [0.4, 0.5) is 5.69 Å². The van der Waals surface area contributed by atoms with E-state index in [9.17, 15) is 10.1 Å². The average molecular weight is 734 g/mol. The van der Waals surface area contributed by atoms with Gasteiger partial charge in [-0.25, -0.2) is 4.63 Å². The van der Waals surface area contributed by atoms with Crippen LogP contribution in [0, 0.1) is 33.8 Å². The molecular weight excluding hydrogens is 671 g/mol. The smallest absolute Gasteiger partial charge is 0.258 e. The van der Waals surface area contributed by atoms with Gasteiger partial charge in [0.15, 0.2) is 0 Å². The Balaban J connectivity index is 1.65. The van der Waals surface area contributed by atoms with Crippen molar-refractivity contribution in [1.82, 2.24) is 10.3 Å². The molecule has 0 spiro atoms. The maximum atomic E-state index is 12.6. The summed E-state index contributed by atoms with van der Waals surface area (Å²) in [5.41, 5.74) is 4.90. The van der Waals surface area contributed by atoms with Gasteiger partial charge < -0.3 is 0 Å². The highest BCUT2D eigenvalue weighted by atomic mass is 32.1. The van der Waals surface area contributed by atoms with Gasteiger partial charge in [-0.05, 0) is 93.8 Å². The van der Waals surface area contributed by atoms with Crippen molar-refractivity contribution in [1.29, 1.82) is 0 Å². The van der Waals surface area contributed by atoms with Gasteiger partial charge >= 0.3 is 0 Å². The lowest BCUT2D eigenvalue weighted by Crippen LogP contribution is -2.27. The summed E-state index contributed by atoms with van der Waals surface area (Å²) in [6, 6.07) is 6.67. The number of benzene rings is 1. The fourth-order valence-corrected chi connectivity index (χ4v) is 10.9. The molecule has 6 nitrogen and oxygen atoms in total. The largest absolute Gasteiger partial charge is 0.276 e. The standard InChI is InChI=1S/C43H63N3O3S2/c1-26(2)15-13-17-28(5)19-21-43(22-20-29(6)18-14-16-27(3)4)31-24-34(50-39(31)40-32(43)25-35(51-40)41(7,8)9)30-23-33(46(47)48)36(42(10,11)12)38-37(30)44-49-45-38/h23-29H,13-22H2,1-12H3. The summed E-state index contributed by atoms with van der Waals surface area (Å²) in [6.45, 7) is 27.2. The SMILES string of the molecule is CC(C)CCCC(C)CCC1(CCC(C)CCCC(C)C)c2cc(-c3cc([N+](=O)[O-])c(C(C)(C)C)c4nonc34)sc2-c2sc(C(C)(C)C)cc21. The molecule has 0 N–H and O–H groups in total. The average Bonchev–Trinajstić information content (AvgIpc) is 3.80. The molecule has 0 amide bonds. The topological polar surface area (TPSA) is 82.1 Å². The van der Waals surface area contributed by atoms with Crippen molar-refractivity contribution in [2.45, 2.75) is 164 Å². The molecule has 280 valence electrons. The number of rotatable bonds is 16. The predicted octanol–water partition coefficient (Wildman–Crippen LogP) is 14.3. The molecule has 3 heterocycles. The van der Waals surface area contributed by atoms with Crippen molar-refractivity contribution in [2.75, 3.05) is 0 Å². The monoisotopic (exact) mass is 733 g/mol. The van der Waals surface area contributed by atoms with Crippen LogP contribution in [0.3, 0.4) is 0 Å². The van der Waals surface area contributed by atoms with Crippen LogP contribution in [0.25, 0.3) is 31.2 Å². The van der Waals surface area contributed by atoms with Gasteiger partial charge in [-0.3, -0.25) is 10.1 Å². The summed E-state index contributed by atoms with van der Waals surface area (Å²) in [5, 5.41) is 21.2. The minimum atomic E-state index is -0.503. The zero-order valence-electron chi connectivity index (χ0n) is 33.5. The molecule has 1 aliphatic carbocycles. The number of nitrogens with zero attached hydrogens (tertiary/aromatic N) is 3. The first kappa shape index (κ1) is 39.6. The first-order valence-electron chi connectivity index (χ1n) is 19.6. The van der Waals surface area contributed by atoms with E-state index in [-0.39, 0.29) is 21.4 Å². The Labute approximate surface area is 315 Å². The quantitative estimate of drug-likeness (QED) is 0.0846. The fourth-order valence-electron chi connectivity index (χ4n) is 8.16. The van der Waals surface area contributed by atoms with Gasteiger partial charge in [0.2, 0.25) is 0 Å². The van der Waals surface area contributed by atoms with Gasteiger partial charge in [0.05, 0.1) is 10.5 Å². The second-order valence-corrected chi connectivity index (χ2v) is 20.9. The van der Waals surface area contributed by atoms with Crippen LogP contribution >= 0.6 is 22.7 Å². The molecule has 1 aliphatic rings. The molecule has 0 bridgehead atoms. The Kier molecular flexibility index (Phi) is 12.0. The highest BCUT2D eigenvalue weighted by Gasteiger charge is 2.47. The molecule has 51 heavy (non-hydrogen) atoms. The van der Waals surface area contributed by atoms with Crippen molar-refractivity contribution in [3.63, 3.8) is 0 Å². The third kappa shape index (κ3) is 8.48. The minimum Gasteiger partial charge on any atom is -0.258 e. The van der Waals surface area contributed by atoms with Crippen LogP contribution in [-0.4, -0.2) is 15.2 Å². The number of nitro groups is 1. The fraction of sp³-hybridized carbons (Fsp3) is 0.674. The van der Waals surface area contributed by atoms with E-state index in [1.807, 2.05) is 32.1 Å². The number of aromatic nitrogens is 2. The van der Waals surface area contributed by atoms with E-state index in [0.29, 0.717) is 28.4 Å². The number of fused-ring (bicyclic) bond motifs is 4. The molecule has 3 aromatic heterocycles. The molecule has 0 aliphatic heterocycles. The normalized spacial score (nSPS) is 17.5. The summed E-state index contributed by atoms with van der Waals surface area (Å²) >= 11 is 3.74. The van der Waals surface area contributed by atoms with Crippen LogP contribution in [0.5, 0.6) is 0 Å². The summed E-state index contributed by atoms with van der Waals surface area (Å²) < 4.78 is 5.32. The Morgan fingerprint density at radius 2 is 1.25 bits per heavy atom. The maximum Gasteiger partial charge on any atom is 0.276 e. The predicted molar refractivity (Wildman–Crippen MR) is 217 cm³/mol. The molecular formula is C43H63N3O3S2. The first-order valence-corrected chi connectivity index (χ1v) is 21.2. The van der Waals surface area contributed by atoms with Gasteiger partial charge in [0.25, 0.3) is 5.69 Å². The van der Waals surface area contributed by atoms with Gasteiger partial charge in [0, 0.05) is 36.6 Å². The molecule has 2 unspecified atom stereocenters. The van der Waals surface area contributed by atoms with Crippen molar-refractivity contribution in [3.8, 4) is 20.2 Å². The van der Waals surface area contributed by atoms with Gasteiger partial charge in [-0.2, -0.15) is 0 Å². The Bertz CT molecular complexity index is 1790. The number of hydrogen-bond acceptors (Lipinski definition) is 7. The highest BCUT2D eigenvalue weighted by molar-refractivity contribution is 7.24. The maximum absolute atomic E-state index is 12.6. The second-order valence-electron chi connectivity index (χ2n) is 18.8. The van der Waals surface area contributed by atoms with E-state index in [1.54, 1.807) is 17.4 Å². The summed E-state index contributed by atoms with van der Waals surface area (Å²) in [4.78, 5) is 17.5.